The van der Waals surface area contributed by atoms with Crippen LogP contribution in [0.4, 0.5) is 5.82 Å². The van der Waals surface area contributed by atoms with E-state index in [0.29, 0.717) is 5.82 Å². The van der Waals surface area contributed by atoms with E-state index < -0.39 is 0 Å². The highest BCUT2D eigenvalue weighted by Gasteiger charge is 2.20. The van der Waals surface area contributed by atoms with Crippen molar-refractivity contribution >= 4 is 5.82 Å². The van der Waals surface area contributed by atoms with Crippen molar-refractivity contribution in [1.29, 1.82) is 0 Å². The second-order valence-corrected chi connectivity index (χ2v) is 3.46. The van der Waals surface area contributed by atoms with Gasteiger partial charge in [-0.1, -0.05) is 12.8 Å². The van der Waals surface area contributed by atoms with Gasteiger partial charge in [-0.15, -0.1) is 0 Å². The van der Waals surface area contributed by atoms with Gasteiger partial charge in [0.2, 0.25) is 0 Å². The lowest BCUT2D eigenvalue weighted by Gasteiger charge is -2.02. The van der Waals surface area contributed by atoms with Crippen LogP contribution in [-0.2, 0) is 0 Å². The van der Waals surface area contributed by atoms with E-state index in [0.717, 1.165) is 12.5 Å². The highest BCUT2D eigenvalue weighted by atomic mass is 16.1. The maximum absolute atomic E-state index is 10.9. The molecule has 0 aliphatic heterocycles. The van der Waals surface area contributed by atoms with Gasteiger partial charge >= 0.3 is 0 Å². The van der Waals surface area contributed by atoms with E-state index in [-0.39, 0.29) is 5.56 Å². The smallest absolute Gasteiger partial charge is 0.252 e. The summed E-state index contributed by atoms with van der Waals surface area (Å²) in [6.07, 6.45) is 5.34. The third-order valence-corrected chi connectivity index (χ3v) is 2.23. The summed E-state index contributed by atoms with van der Waals surface area (Å²) in [5.41, 5.74) is -0.107. The number of rotatable bonds is 4. The minimum atomic E-state index is -0.107. The van der Waals surface area contributed by atoms with Crippen molar-refractivity contribution < 1.29 is 0 Å². The summed E-state index contributed by atoms with van der Waals surface area (Å²) in [6, 6.07) is 1.48. The van der Waals surface area contributed by atoms with Gasteiger partial charge in [0.25, 0.3) is 5.56 Å². The molecule has 0 amide bonds. The summed E-state index contributed by atoms with van der Waals surface area (Å²) in [6.45, 7) is 0.918. The van der Waals surface area contributed by atoms with E-state index in [1.165, 1.54) is 31.7 Å². The largest absolute Gasteiger partial charge is 0.370 e. The zero-order chi connectivity index (χ0) is 9.10. The maximum atomic E-state index is 10.9. The Morgan fingerprint density at radius 1 is 1.62 bits per heavy atom. The molecule has 0 atom stereocenters. The zero-order valence-electron chi connectivity index (χ0n) is 7.42. The van der Waals surface area contributed by atoms with Gasteiger partial charge in [-0.25, -0.2) is 4.98 Å². The molecule has 1 aliphatic carbocycles. The van der Waals surface area contributed by atoms with Crippen LogP contribution >= 0.6 is 0 Å². The van der Waals surface area contributed by atoms with Crippen molar-refractivity contribution in [2.24, 2.45) is 5.92 Å². The van der Waals surface area contributed by atoms with Gasteiger partial charge in [-0.3, -0.25) is 4.79 Å². The highest BCUT2D eigenvalue weighted by molar-refractivity contribution is 5.31. The predicted octanol–water partition coefficient (Wildman–Crippen LogP) is 0.982. The first-order chi connectivity index (χ1) is 6.34. The first-order valence-corrected chi connectivity index (χ1v) is 4.63. The lowest BCUT2D eigenvalue weighted by Crippen LogP contribution is -2.10. The van der Waals surface area contributed by atoms with Crippen LogP contribution in [0.5, 0.6) is 0 Å². The maximum Gasteiger partial charge on any atom is 0.252 e. The fraction of sp³-hybridized carbons (Fsp3) is 0.556. The van der Waals surface area contributed by atoms with Gasteiger partial charge < -0.3 is 10.3 Å². The average molecular weight is 179 g/mol. The van der Waals surface area contributed by atoms with Crippen LogP contribution in [0.1, 0.15) is 19.3 Å². The molecule has 1 fully saturated rings. The Bertz CT molecular complexity index is 330. The molecule has 70 valence electrons. The Morgan fingerprint density at radius 2 is 2.46 bits per heavy atom. The first-order valence-electron chi connectivity index (χ1n) is 4.63. The van der Waals surface area contributed by atoms with Gasteiger partial charge in [0, 0.05) is 12.6 Å². The molecule has 0 radical (unpaired) electrons. The molecule has 0 unspecified atom stereocenters. The number of aromatic nitrogens is 2. The van der Waals surface area contributed by atoms with E-state index in [2.05, 4.69) is 15.3 Å². The number of nitrogens with one attached hydrogen (secondary N) is 2. The Balaban J connectivity index is 1.82. The van der Waals surface area contributed by atoms with Crippen LogP contribution in [-0.4, -0.2) is 16.5 Å². The normalized spacial score (nSPS) is 15.7. The average Bonchev–Trinajstić information content (AvgIpc) is 2.88. The molecule has 0 saturated heterocycles. The molecule has 0 bridgehead atoms. The lowest BCUT2D eigenvalue weighted by molar-refractivity contribution is 0.758. The molecule has 0 spiro atoms. The molecule has 0 aromatic carbocycles. The Morgan fingerprint density at radius 3 is 3.15 bits per heavy atom. The summed E-state index contributed by atoms with van der Waals surface area (Å²) in [4.78, 5) is 17.3. The third kappa shape index (κ3) is 2.57. The Kier molecular flexibility index (Phi) is 2.29. The molecule has 1 aliphatic rings. The van der Waals surface area contributed by atoms with Crippen molar-refractivity contribution in [1.82, 2.24) is 9.97 Å². The van der Waals surface area contributed by atoms with Gasteiger partial charge in [-0.05, 0) is 12.3 Å². The third-order valence-electron chi connectivity index (χ3n) is 2.23. The second kappa shape index (κ2) is 3.60. The topological polar surface area (TPSA) is 57.8 Å². The molecule has 1 saturated carbocycles. The Labute approximate surface area is 76.4 Å². The molecule has 1 aromatic rings. The van der Waals surface area contributed by atoms with Crippen molar-refractivity contribution in [2.45, 2.75) is 19.3 Å². The van der Waals surface area contributed by atoms with E-state index in [9.17, 15) is 4.79 Å². The van der Waals surface area contributed by atoms with E-state index in [4.69, 9.17) is 0 Å². The van der Waals surface area contributed by atoms with Crippen LogP contribution in [0.2, 0.25) is 0 Å². The van der Waals surface area contributed by atoms with Crippen molar-refractivity contribution in [3.63, 3.8) is 0 Å². The van der Waals surface area contributed by atoms with Crippen molar-refractivity contribution in [3.8, 4) is 0 Å². The molecular weight excluding hydrogens is 166 g/mol. The van der Waals surface area contributed by atoms with Crippen LogP contribution in [0.25, 0.3) is 0 Å². The number of hydrogen-bond donors (Lipinski definition) is 2. The number of anilines is 1. The SMILES string of the molecule is O=c1cc(NCCC2CC2)nc[nH]1. The van der Waals surface area contributed by atoms with Gasteiger partial charge in [0.1, 0.15) is 5.82 Å². The lowest BCUT2D eigenvalue weighted by atomic mass is 10.3. The minimum absolute atomic E-state index is 0.107. The quantitative estimate of drug-likeness (QED) is 0.724. The molecule has 2 rings (SSSR count). The van der Waals surface area contributed by atoms with E-state index in [1.807, 2.05) is 0 Å². The molecular formula is C9H13N3O. The fourth-order valence-corrected chi connectivity index (χ4v) is 1.28. The highest BCUT2D eigenvalue weighted by Crippen LogP contribution is 2.31. The van der Waals surface area contributed by atoms with E-state index >= 15 is 0 Å². The molecule has 1 heterocycles. The minimum Gasteiger partial charge on any atom is -0.370 e. The summed E-state index contributed by atoms with van der Waals surface area (Å²) in [5.74, 6) is 1.58. The van der Waals surface area contributed by atoms with Gasteiger partial charge in [0.05, 0.1) is 6.33 Å². The fourth-order valence-electron chi connectivity index (χ4n) is 1.28. The molecule has 2 N–H and O–H groups in total. The second-order valence-electron chi connectivity index (χ2n) is 3.46. The molecule has 1 aromatic heterocycles. The van der Waals surface area contributed by atoms with Crippen molar-refractivity contribution in [2.75, 3.05) is 11.9 Å². The number of hydrogen-bond acceptors (Lipinski definition) is 3. The molecule has 13 heavy (non-hydrogen) atoms. The number of nitrogens with zero attached hydrogens (tertiary/aromatic N) is 1. The number of aromatic amines is 1. The monoisotopic (exact) mass is 179 g/mol. The van der Waals surface area contributed by atoms with Crippen LogP contribution in [0.3, 0.4) is 0 Å². The summed E-state index contributed by atoms with van der Waals surface area (Å²) < 4.78 is 0. The molecule has 4 heteroatoms. The van der Waals surface area contributed by atoms with Gasteiger partial charge in [-0.2, -0.15) is 0 Å². The predicted molar refractivity (Wildman–Crippen MR) is 50.7 cm³/mol. The van der Waals surface area contributed by atoms with E-state index in [1.54, 1.807) is 0 Å². The van der Waals surface area contributed by atoms with Crippen molar-refractivity contribution in [3.05, 3.63) is 22.7 Å². The standard InChI is InChI=1S/C9H13N3O/c13-9-5-8(11-6-12-9)10-4-3-7-1-2-7/h5-7H,1-4H2,(H2,10,11,12,13). The van der Waals surface area contributed by atoms with Crippen LogP contribution < -0.4 is 10.9 Å². The zero-order valence-corrected chi connectivity index (χ0v) is 7.42. The Hall–Kier alpha value is -1.32. The number of H-pyrrole nitrogens is 1. The van der Waals surface area contributed by atoms with Crippen LogP contribution in [0, 0.1) is 5.92 Å². The summed E-state index contributed by atoms with van der Waals surface area (Å²) in [5, 5.41) is 3.13. The first kappa shape index (κ1) is 8.29. The summed E-state index contributed by atoms with van der Waals surface area (Å²) >= 11 is 0. The van der Waals surface area contributed by atoms with Gasteiger partial charge in [0.15, 0.2) is 0 Å². The molecule has 4 nitrogen and oxygen atoms in total. The van der Waals surface area contributed by atoms with Crippen LogP contribution in [0.15, 0.2) is 17.2 Å². The summed E-state index contributed by atoms with van der Waals surface area (Å²) in [7, 11) is 0.